The van der Waals surface area contributed by atoms with E-state index in [4.69, 9.17) is 53.6 Å². The smallest absolute Gasteiger partial charge is 0.415 e. The Kier molecular flexibility index (Phi) is 22.1. The Hall–Kier alpha value is -7.08. The summed E-state index contributed by atoms with van der Waals surface area (Å²) in [6.45, 7) is 8.04. The highest BCUT2D eigenvalue weighted by atomic mass is 35.5. The van der Waals surface area contributed by atoms with Gasteiger partial charge in [0.25, 0.3) is 0 Å². The number of benzene rings is 3. The third-order valence-electron chi connectivity index (χ3n) is 15.8. The molecule has 0 saturated carbocycles. The minimum Gasteiger partial charge on any atom is -0.479 e. The lowest BCUT2D eigenvalue weighted by Gasteiger charge is -2.38. The highest BCUT2D eigenvalue weighted by Gasteiger charge is 2.49. The van der Waals surface area contributed by atoms with Crippen LogP contribution in [0.1, 0.15) is 85.6 Å². The first-order valence-electron chi connectivity index (χ1n) is 28.5. The van der Waals surface area contributed by atoms with E-state index in [2.05, 4.69) is 16.0 Å². The number of fused-ring (bicyclic) bond motifs is 6. The molecule has 0 bridgehead atoms. The van der Waals surface area contributed by atoms with Gasteiger partial charge in [0.05, 0.1) is 26.8 Å². The number of aliphatic hydroxyl groups excluding tert-OH is 3. The number of carbonyl (C=O) groups is 8. The maximum absolute atomic E-state index is 14.3. The Balaban J connectivity index is 0.864. The molecule has 3 aliphatic heterocycles. The van der Waals surface area contributed by atoms with E-state index in [9.17, 15) is 58.8 Å². The molecule has 0 radical (unpaired) electrons. The van der Waals surface area contributed by atoms with Crippen molar-refractivity contribution >= 4 is 131 Å². The molecule has 9 atom stereocenters. The molecule has 4 unspecified atom stereocenters. The van der Waals surface area contributed by atoms with Crippen LogP contribution >= 0.6 is 45.9 Å². The fourth-order valence-corrected chi connectivity index (χ4v) is 13.4. The van der Waals surface area contributed by atoms with Crippen LogP contribution in [0.25, 0.3) is 20.2 Å². The maximum Gasteiger partial charge on any atom is 0.415 e. The summed E-state index contributed by atoms with van der Waals surface area (Å²) in [6.07, 6.45) is -10.0. The van der Waals surface area contributed by atoms with Gasteiger partial charge in [-0.05, 0) is 89.7 Å². The molecule has 1 saturated heterocycles. The molecule has 29 heteroatoms. The number of aryl methyl sites for hydroxylation is 2. The SMILES string of the molecule is Cc1csc2c(OC(=O)N(C)CCN(C)C(=O)OCc3ccc(NC(=O)C(CCCNC(N)=O)NC(=O)C(N)C(C)C)cc3)cc3c(c12)C(CCl)CN3C(=O)CCCC(=O)N1CC(CCl)c2c1cc(O[C@@H]1O[C@H](C(=O)O)[C@@H](O)[C@H](O)[C@H]1O)c1scc(C)c21. The van der Waals surface area contributed by atoms with Crippen LogP contribution < -0.4 is 46.7 Å². The number of likely N-dealkylation sites (N-methyl/N-ethyl adjacent to an activating group) is 2. The zero-order valence-corrected chi connectivity index (χ0v) is 52.4. The molecule has 25 nitrogen and oxygen atoms in total. The molecule has 2 aromatic heterocycles. The first-order chi connectivity index (χ1) is 41.8. The van der Waals surface area contributed by atoms with Crippen molar-refractivity contribution in [3.05, 3.63) is 75.0 Å². The molecular formula is C59H73Cl2N9O16S2. The number of carbonyl (C=O) groups excluding carboxylic acids is 7. The molecule has 0 spiro atoms. The van der Waals surface area contributed by atoms with Crippen molar-refractivity contribution in [2.75, 3.05) is 73.7 Å². The Morgan fingerprint density at radius 2 is 1.32 bits per heavy atom. The van der Waals surface area contributed by atoms with Gasteiger partial charge in [-0.3, -0.25) is 19.2 Å². The van der Waals surface area contributed by atoms with Crippen LogP contribution in [0.15, 0.2) is 47.2 Å². The predicted molar refractivity (Wildman–Crippen MR) is 332 cm³/mol. The van der Waals surface area contributed by atoms with Crippen molar-refractivity contribution < 1.29 is 77.7 Å². The van der Waals surface area contributed by atoms with E-state index in [-0.39, 0.29) is 118 Å². The number of anilines is 3. The Bertz CT molecular complexity index is 3440. The topological polar surface area (TPSA) is 355 Å². The number of carboxylic acids is 1. The first kappa shape index (κ1) is 66.9. The zero-order valence-electron chi connectivity index (χ0n) is 49.3. The van der Waals surface area contributed by atoms with Gasteiger partial charge in [-0.15, -0.1) is 45.9 Å². The van der Waals surface area contributed by atoms with Crippen molar-refractivity contribution in [3.63, 3.8) is 0 Å². The Morgan fingerprint density at radius 1 is 0.773 bits per heavy atom. The van der Waals surface area contributed by atoms with Crippen molar-refractivity contribution in [2.45, 2.75) is 121 Å². The van der Waals surface area contributed by atoms with Crippen LogP contribution in [0.4, 0.5) is 31.4 Å². The molecule has 0 aliphatic carbocycles. The number of aliphatic carboxylic acids is 1. The number of aliphatic hydroxyl groups is 3. The number of thiophene rings is 2. The lowest BCUT2D eigenvalue weighted by molar-refractivity contribution is -0.270. The van der Waals surface area contributed by atoms with E-state index in [0.29, 0.717) is 38.4 Å². The Morgan fingerprint density at radius 3 is 1.85 bits per heavy atom. The van der Waals surface area contributed by atoms with Gasteiger partial charge in [-0.2, -0.15) is 0 Å². The molecule has 3 aliphatic rings. The average molecular weight is 1300 g/mol. The van der Waals surface area contributed by atoms with Gasteiger partial charge in [0.2, 0.25) is 29.9 Å². The number of primary amides is 1. The lowest BCUT2D eigenvalue weighted by atomic mass is 9.96. The highest BCUT2D eigenvalue weighted by Crippen LogP contribution is 2.51. The standard InChI is InChI=1S/C59H73Cl2N9O16S2/c1-28(2)46(62)54(77)66-35(9-8-16-64-57(63)80)53(76)65-34-14-12-31(13-15-34)25-83-58(81)67(5)17-18-68(6)59(82)85-39-20-37-45(43-30(4)27-88-52(39)43)33(22-61)24-70(37)41(72)11-7-10-40(71)69-23-32(21-60)44-36(69)19-38(51-42(44)29(3)26-87-51)84-56-49(75)47(73)48(74)50(86-56)55(78)79/h12-15,19-20,26-28,32-33,35,46-50,56,73-75H,7-11,16-18,21-25,62H2,1-6H3,(H,65,76)(H,66,77)(H,78,79)(H3,63,64,80)/t32?,33?,35?,46?,47-,48-,49+,50-,56+/m0/s1. The number of halogens is 2. The number of nitrogens with two attached hydrogens (primary N) is 2. The van der Waals surface area contributed by atoms with Gasteiger partial charge in [0.1, 0.15) is 36.7 Å². The monoisotopic (exact) mass is 1300 g/mol. The number of ether oxygens (including phenoxy) is 4. The summed E-state index contributed by atoms with van der Waals surface area (Å²) in [4.78, 5) is 110. The number of nitrogens with zero attached hydrogens (tertiary/aromatic N) is 4. The minimum absolute atomic E-state index is 0.0340. The van der Waals surface area contributed by atoms with E-state index in [1.54, 1.807) is 60.0 Å². The van der Waals surface area contributed by atoms with Crippen molar-refractivity contribution in [3.8, 4) is 11.5 Å². The van der Waals surface area contributed by atoms with Crippen LogP contribution in [-0.2, 0) is 40.1 Å². The van der Waals surface area contributed by atoms with Gasteiger partial charge >= 0.3 is 24.2 Å². The number of hydrogen-bond acceptors (Lipinski definition) is 18. The van der Waals surface area contributed by atoms with Gasteiger partial charge in [-0.1, -0.05) is 26.0 Å². The van der Waals surface area contributed by atoms with E-state index < -0.39 is 78.8 Å². The molecule has 8 rings (SSSR count). The second-order valence-electron chi connectivity index (χ2n) is 22.5. The maximum atomic E-state index is 14.3. The summed E-state index contributed by atoms with van der Waals surface area (Å²) in [5.41, 5.74) is 16.6. The van der Waals surface area contributed by atoms with Crippen molar-refractivity contribution in [1.82, 2.24) is 20.4 Å². The van der Waals surface area contributed by atoms with Crippen LogP contribution in [0, 0.1) is 19.8 Å². The molecule has 1 fully saturated rings. The van der Waals surface area contributed by atoms with Gasteiger partial charge in [-0.25, -0.2) is 19.2 Å². The predicted octanol–water partition coefficient (Wildman–Crippen LogP) is 5.77. The summed E-state index contributed by atoms with van der Waals surface area (Å²) in [5.74, 6) is -3.15. The van der Waals surface area contributed by atoms with Gasteiger partial charge in [0, 0.05) is 112 Å². The van der Waals surface area contributed by atoms with Crippen LogP contribution in [0.2, 0.25) is 0 Å². The molecule has 5 aromatic rings. The second-order valence-corrected chi connectivity index (χ2v) is 24.9. The Labute approximate surface area is 525 Å². The molecular weight excluding hydrogens is 1230 g/mol. The summed E-state index contributed by atoms with van der Waals surface area (Å²) >= 11 is 15.8. The lowest BCUT2D eigenvalue weighted by Crippen LogP contribution is -2.61. The first-order valence-corrected chi connectivity index (χ1v) is 31.4. The number of nitrogens with one attached hydrogen (secondary N) is 3. The third-order valence-corrected chi connectivity index (χ3v) is 18.8. The molecule has 3 aromatic carbocycles. The fraction of sp³-hybridized carbons (Fsp3) is 0.492. The quantitative estimate of drug-likeness (QED) is 0.0262. The fourth-order valence-electron chi connectivity index (χ4n) is 10.8. The van der Waals surface area contributed by atoms with E-state index >= 15 is 0 Å². The molecule has 8 amide bonds. The normalized spacial score (nSPS) is 20.3. The molecule has 11 N–H and O–H groups in total. The number of alkyl halides is 2. The number of carboxylic acid groups (broad SMARTS) is 1. The summed E-state index contributed by atoms with van der Waals surface area (Å²) in [7, 11) is 3.04. The molecule has 476 valence electrons. The number of urea groups is 1. The third kappa shape index (κ3) is 14.8. The second kappa shape index (κ2) is 29.0. The zero-order chi connectivity index (χ0) is 64.0. The number of amides is 8. The highest BCUT2D eigenvalue weighted by molar-refractivity contribution is 7.18. The average Bonchev–Trinajstić information content (AvgIpc) is 1.89. The number of rotatable bonds is 24. The van der Waals surface area contributed by atoms with Crippen molar-refractivity contribution in [1.29, 1.82) is 0 Å². The van der Waals surface area contributed by atoms with E-state index in [1.165, 1.54) is 46.6 Å². The van der Waals surface area contributed by atoms with Crippen LogP contribution in [0.5, 0.6) is 11.5 Å². The van der Waals surface area contributed by atoms with Crippen molar-refractivity contribution in [2.24, 2.45) is 17.4 Å². The summed E-state index contributed by atoms with van der Waals surface area (Å²) in [5, 5.41) is 54.6. The largest absolute Gasteiger partial charge is 0.479 e. The van der Waals surface area contributed by atoms with E-state index in [1.807, 2.05) is 24.6 Å². The van der Waals surface area contributed by atoms with E-state index in [0.717, 1.165) is 33.0 Å². The number of hydrogen-bond donors (Lipinski definition) is 9. The molecule has 5 heterocycles. The minimum atomic E-state index is -1.92. The van der Waals surface area contributed by atoms with Crippen LogP contribution in [-0.4, -0.2) is 179 Å². The summed E-state index contributed by atoms with van der Waals surface area (Å²) in [6, 6.07) is 7.29. The van der Waals surface area contributed by atoms with Crippen LogP contribution in [0.3, 0.4) is 0 Å². The van der Waals surface area contributed by atoms with Gasteiger partial charge in [0.15, 0.2) is 11.9 Å². The molecule has 88 heavy (non-hydrogen) atoms. The van der Waals surface area contributed by atoms with Gasteiger partial charge < -0.3 is 86.4 Å². The summed E-state index contributed by atoms with van der Waals surface area (Å²) < 4.78 is 24.4.